The first kappa shape index (κ1) is 17.2. The fourth-order valence-corrected chi connectivity index (χ4v) is 3.93. The largest absolute Gasteiger partial charge is 0.475 e. The summed E-state index contributed by atoms with van der Waals surface area (Å²) in [5.41, 5.74) is 0. The summed E-state index contributed by atoms with van der Waals surface area (Å²) in [6.45, 7) is 3.48. The molecule has 0 spiro atoms. The topological polar surface area (TPSA) is 117 Å². The Morgan fingerprint density at radius 1 is 1.50 bits per heavy atom. The van der Waals surface area contributed by atoms with Gasteiger partial charge in [0.05, 0.1) is 0 Å². The lowest BCUT2D eigenvalue weighted by Crippen LogP contribution is -2.39. The first-order valence-electron chi connectivity index (χ1n) is 5.85. The van der Waals surface area contributed by atoms with Crippen molar-refractivity contribution in [3.63, 3.8) is 0 Å². The van der Waals surface area contributed by atoms with E-state index in [0.29, 0.717) is 0 Å². The number of rotatable bonds is 7. The minimum absolute atomic E-state index is 0.0263. The van der Waals surface area contributed by atoms with Crippen LogP contribution in [0.4, 0.5) is 0 Å². The van der Waals surface area contributed by atoms with Crippen LogP contribution in [0.3, 0.4) is 0 Å². The van der Waals surface area contributed by atoms with Crippen LogP contribution < -0.4 is 4.72 Å². The molecule has 20 heavy (non-hydrogen) atoms. The molecule has 7 nitrogen and oxygen atoms in total. The number of carboxylic acids is 1. The van der Waals surface area contributed by atoms with Crippen molar-refractivity contribution >= 4 is 31.9 Å². The van der Waals surface area contributed by atoms with E-state index in [1.807, 2.05) is 13.8 Å². The first-order chi connectivity index (χ1) is 9.19. The highest BCUT2D eigenvalue weighted by Crippen LogP contribution is 2.26. The Hall–Kier alpha value is -0.900. The Bertz CT molecular complexity index is 580. The molecule has 9 heteroatoms. The van der Waals surface area contributed by atoms with Gasteiger partial charge in [-0.1, -0.05) is 13.8 Å². The maximum atomic E-state index is 12.2. The van der Waals surface area contributed by atoms with Crippen LogP contribution in [0, 0.1) is 5.92 Å². The van der Waals surface area contributed by atoms with Crippen LogP contribution in [0.1, 0.15) is 30.8 Å². The molecule has 1 aromatic rings. The Morgan fingerprint density at radius 2 is 2.10 bits per heavy atom. The van der Waals surface area contributed by atoms with Gasteiger partial charge in [0.1, 0.15) is 4.90 Å². The molecule has 0 fully saturated rings. The molecule has 0 radical (unpaired) electrons. The quantitative estimate of drug-likeness (QED) is 0.669. The van der Waals surface area contributed by atoms with E-state index in [2.05, 4.69) is 20.7 Å². The van der Waals surface area contributed by atoms with Crippen molar-refractivity contribution in [3.05, 3.63) is 16.5 Å². The van der Waals surface area contributed by atoms with Crippen molar-refractivity contribution in [2.75, 3.05) is 6.61 Å². The van der Waals surface area contributed by atoms with Crippen LogP contribution in [-0.4, -0.2) is 37.2 Å². The summed E-state index contributed by atoms with van der Waals surface area (Å²) < 4.78 is 31.5. The van der Waals surface area contributed by atoms with E-state index in [0.717, 1.165) is 6.07 Å². The summed E-state index contributed by atoms with van der Waals surface area (Å²) >= 11 is 2.89. The van der Waals surface area contributed by atoms with E-state index in [4.69, 9.17) is 14.6 Å². The van der Waals surface area contributed by atoms with Gasteiger partial charge in [-0.25, -0.2) is 17.9 Å². The Balaban J connectivity index is 3.07. The van der Waals surface area contributed by atoms with Gasteiger partial charge in [0, 0.05) is 18.7 Å². The van der Waals surface area contributed by atoms with Crippen molar-refractivity contribution < 1.29 is 27.8 Å². The van der Waals surface area contributed by atoms with Gasteiger partial charge in [-0.3, -0.25) is 0 Å². The fourth-order valence-electron chi connectivity index (χ4n) is 1.57. The molecule has 1 rings (SSSR count). The van der Waals surface area contributed by atoms with Gasteiger partial charge in [0.25, 0.3) is 0 Å². The minimum atomic E-state index is -3.94. The van der Waals surface area contributed by atoms with Gasteiger partial charge in [0.2, 0.25) is 15.8 Å². The summed E-state index contributed by atoms with van der Waals surface area (Å²) in [6.07, 6.45) is 0.262. The van der Waals surface area contributed by atoms with Gasteiger partial charge >= 0.3 is 5.97 Å². The lowest BCUT2D eigenvalue weighted by atomic mass is 10.0. The zero-order valence-electron chi connectivity index (χ0n) is 11.0. The smallest absolute Gasteiger partial charge is 0.371 e. The Kier molecular flexibility index (Phi) is 5.75. The molecule has 1 aromatic heterocycles. The number of aliphatic hydroxyl groups is 1. The molecule has 0 bridgehead atoms. The second-order valence-electron chi connectivity index (χ2n) is 4.54. The number of nitrogens with one attached hydrogen (secondary N) is 1. The van der Waals surface area contributed by atoms with Crippen molar-refractivity contribution in [1.82, 2.24) is 4.72 Å². The van der Waals surface area contributed by atoms with Crippen molar-refractivity contribution in [1.29, 1.82) is 0 Å². The summed E-state index contributed by atoms with van der Waals surface area (Å²) in [4.78, 5) is 10.5. The van der Waals surface area contributed by atoms with E-state index in [1.165, 1.54) is 0 Å². The highest BCUT2D eigenvalue weighted by Gasteiger charge is 2.28. The molecule has 0 amide bonds. The summed E-state index contributed by atoms with van der Waals surface area (Å²) in [5.74, 6) is -1.86. The van der Waals surface area contributed by atoms with Gasteiger partial charge in [-0.2, -0.15) is 0 Å². The van der Waals surface area contributed by atoms with Crippen LogP contribution >= 0.6 is 15.9 Å². The van der Waals surface area contributed by atoms with Crippen LogP contribution in [0.5, 0.6) is 0 Å². The third kappa shape index (κ3) is 4.05. The van der Waals surface area contributed by atoms with Crippen molar-refractivity contribution in [3.8, 4) is 0 Å². The molecular formula is C11H16BrNO6S. The molecule has 1 atom stereocenters. The van der Waals surface area contributed by atoms with E-state index >= 15 is 0 Å². The van der Waals surface area contributed by atoms with E-state index < -0.39 is 27.8 Å². The van der Waals surface area contributed by atoms with Crippen LogP contribution in [-0.2, 0) is 10.0 Å². The molecule has 1 unspecified atom stereocenters. The van der Waals surface area contributed by atoms with Gasteiger partial charge in [-0.15, -0.1) is 0 Å². The molecule has 0 aliphatic carbocycles. The Labute approximate surface area is 125 Å². The van der Waals surface area contributed by atoms with Gasteiger partial charge in [0.15, 0.2) is 4.67 Å². The number of halogens is 1. The molecule has 0 aliphatic rings. The van der Waals surface area contributed by atoms with Gasteiger partial charge < -0.3 is 14.6 Å². The molecule has 0 aromatic carbocycles. The predicted molar refractivity (Wildman–Crippen MR) is 74.0 cm³/mol. The van der Waals surface area contributed by atoms with Gasteiger partial charge in [-0.05, 0) is 28.3 Å². The van der Waals surface area contributed by atoms with Crippen LogP contribution in [0.15, 0.2) is 20.0 Å². The van der Waals surface area contributed by atoms with Crippen molar-refractivity contribution in [2.45, 2.75) is 31.2 Å². The summed E-state index contributed by atoms with van der Waals surface area (Å²) in [5, 5.41) is 17.7. The van der Waals surface area contributed by atoms with E-state index in [-0.39, 0.29) is 28.5 Å². The zero-order chi connectivity index (χ0) is 15.5. The third-order valence-electron chi connectivity index (χ3n) is 2.71. The third-order valence-corrected chi connectivity index (χ3v) is 5.05. The maximum absolute atomic E-state index is 12.2. The number of carboxylic acid groups (broad SMARTS) is 1. The molecule has 3 N–H and O–H groups in total. The highest BCUT2D eigenvalue weighted by atomic mass is 79.9. The normalized spacial score (nSPS) is 13.7. The SMILES string of the molecule is CC(C)C(CCO)NS(=O)(=O)c1cc(C(=O)O)oc1Br. The second kappa shape index (κ2) is 6.70. The number of hydrogen-bond donors (Lipinski definition) is 3. The molecule has 0 aliphatic heterocycles. The number of aliphatic hydroxyl groups excluding tert-OH is 1. The number of sulfonamides is 1. The van der Waals surface area contributed by atoms with E-state index in [1.54, 1.807) is 0 Å². The van der Waals surface area contributed by atoms with Crippen LogP contribution in [0.25, 0.3) is 0 Å². The Morgan fingerprint density at radius 3 is 2.50 bits per heavy atom. The standard InChI is InChI=1S/C11H16BrNO6S/c1-6(2)7(3-4-14)13-20(17,18)9-5-8(11(15)16)19-10(9)12/h5-7,13-14H,3-4H2,1-2H3,(H,15,16). The molecule has 114 valence electrons. The average Bonchev–Trinajstić information content (AvgIpc) is 2.71. The highest BCUT2D eigenvalue weighted by molar-refractivity contribution is 9.10. The number of furan rings is 1. The minimum Gasteiger partial charge on any atom is -0.475 e. The fraction of sp³-hybridized carbons (Fsp3) is 0.545. The molecular weight excluding hydrogens is 354 g/mol. The number of hydrogen-bond acceptors (Lipinski definition) is 5. The summed E-state index contributed by atoms with van der Waals surface area (Å²) in [7, 11) is -3.94. The predicted octanol–water partition coefficient (Wildman–Crippen LogP) is 1.43. The second-order valence-corrected chi connectivity index (χ2v) is 6.94. The maximum Gasteiger partial charge on any atom is 0.371 e. The molecule has 0 saturated carbocycles. The lowest BCUT2D eigenvalue weighted by Gasteiger charge is -2.20. The summed E-state index contributed by atoms with van der Waals surface area (Å²) in [6, 6.07) is 0.477. The average molecular weight is 370 g/mol. The number of carbonyl (C=O) groups is 1. The lowest BCUT2D eigenvalue weighted by molar-refractivity contribution is 0.0661. The molecule has 0 saturated heterocycles. The number of aromatic carboxylic acids is 1. The molecule has 1 heterocycles. The first-order valence-corrected chi connectivity index (χ1v) is 8.12. The monoisotopic (exact) mass is 369 g/mol. The van der Waals surface area contributed by atoms with Crippen molar-refractivity contribution in [2.24, 2.45) is 5.92 Å². The zero-order valence-corrected chi connectivity index (χ0v) is 13.4. The van der Waals surface area contributed by atoms with Crippen LogP contribution in [0.2, 0.25) is 0 Å². The van der Waals surface area contributed by atoms with E-state index in [9.17, 15) is 13.2 Å².